The average Bonchev–Trinajstić information content (AvgIpc) is 2.70. The predicted molar refractivity (Wildman–Crippen MR) is 97.2 cm³/mol. The fraction of sp³-hybridized carbons (Fsp3) is 0.867. The van der Waals surface area contributed by atoms with Gasteiger partial charge in [0.15, 0.2) is 0 Å². The summed E-state index contributed by atoms with van der Waals surface area (Å²) in [6.07, 6.45) is -1.21. The maximum absolute atomic E-state index is 13.1. The van der Waals surface area contributed by atoms with E-state index in [2.05, 4.69) is 11.2 Å². The number of alkyl halides is 3. The molecule has 2 fully saturated rings. The molecule has 3 N–H and O–H groups in total. The first kappa shape index (κ1) is 25.0. The van der Waals surface area contributed by atoms with E-state index < -0.39 is 38.5 Å². The number of carbonyl (C=O) groups is 2. The SMILES string of the molecule is O=C(O)CN(CP(=O)(ONN1CCCCC1)ONN1CCCCC1)C(=O)C(F)(F)F. The zero-order valence-corrected chi connectivity index (χ0v) is 17.3. The molecule has 0 aromatic heterocycles. The largest absolute Gasteiger partial charge is 0.480 e. The maximum atomic E-state index is 13.1. The summed E-state index contributed by atoms with van der Waals surface area (Å²) < 4.78 is 62.0. The van der Waals surface area contributed by atoms with E-state index in [0.29, 0.717) is 26.2 Å². The topological polar surface area (TPSA) is 124 Å². The lowest BCUT2D eigenvalue weighted by atomic mass is 10.2. The van der Waals surface area contributed by atoms with E-state index >= 15 is 0 Å². The molecule has 30 heavy (non-hydrogen) atoms. The molecule has 2 saturated heterocycles. The molecule has 0 bridgehead atoms. The molecule has 2 aliphatic rings. The molecule has 0 saturated carbocycles. The molecule has 0 radical (unpaired) electrons. The molecule has 0 unspecified atom stereocenters. The molecule has 2 heterocycles. The van der Waals surface area contributed by atoms with Gasteiger partial charge in [0.1, 0.15) is 12.8 Å². The summed E-state index contributed by atoms with van der Waals surface area (Å²) >= 11 is 0. The van der Waals surface area contributed by atoms with Crippen molar-refractivity contribution in [1.29, 1.82) is 0 Å². The van der Waals surface area contributed by atoms with Crippen LogP contribution >= 0.6 is 7.60 Å². The van der Waals surface area contributed by atoms with Crippen molar-refractivity contribution in [3.05, 3.63) is 0 Å². The van der Waals surface area contributed by atoms with Gasteiger partial charge in [0.25, 0.3) is 0 Å². The Bertz CT molecular complexity index is 602. The lowest BCUT2D eigenvalue weighted by Crippen LogP contribution is -2.47. The number of amides is 1. The highest BCUT2D eigenvalue weighted by molar-refractivity contribution is 7.53. The Morgan fingerprint density at radius 3 is 1.73 bits per heavy atom. The van der Waals surface area contributed by atoms with Gasteiger partial charge in [0.2, 0.25) is 0 Å². The third kappa shape index (κ3) is 8.46. The van der Waals surface area contributed by atoms with E-state index in [9.17, 15) is 27.3 Å². The van der Waals surface area contributed by atoms with E-state index in [1.165, 1.54) is 0 Å². The molecule has 0 atom stereocenters. The number of rotatable bonds is 10. The summed E-state index contributed by atoms with van der Waals surface area (Å²) in [7, 11) is -4.45. The van der Waals surface area contributed by atoms with Crippen LogP contribution in [0.15, 0.2) is 0 Å². The third-order valence-corrected chi connectivity index (χ3v) is 5.94. The van der Waals surface area contributed by atoms with Gasteiger partial charge in [-0.2, -0.15) is 13.2 Å². The summed E-state index contributed by atoms with van der Waals surface area (Å²) in [4.78, 5) is 22.5. The number of nitrogens with one attached hydrogen (secondary N) is 2. The predicted octanol–water partition coefficient (Wildman–Crippen LogP) is 1.46. The fourth-order valence-electron chi connectivity index (χ4n) is 3.02. The van der Waals surface area contributed by atoms with Gasteiger partial charge in [0, 0.05) is 26.2 Å². The summed E-state index contributed by atoms with van der Waals surface area (Å²) in [5.41, 5.74) is 4.81. The number of carbonyl (C=O) groups excluding carboxylic acids is 1. The normalized spacial score (nSPS) is 19.6. The Kier molecular flexibility index (Phi) is 9.47. The van der Waals surface area contributed by atoms with Crippen LogP contribution in [-0.4, -0.2) is 77.1 Å². The molecular formula is C15H27F3N5O6P. The number of piperidine rings is 2. The van der Waals surface area contributed by atoms with Crippen molar-refractivity contribution in [2.75, 3.05) is 39.0 Å². The standard InChI is InChI=1S/C15H27F3N5O6P/c16-15(17,18)14(26)21(11-13(24)25)12-30(27,28-19-22-7-3-1-4-8-22)29-20-23-9-5-2-6-10-23/h19-20H,1-12H2,(H,24,25). The smallest absolute Gasteiger partial charge is 0.471 e. The highest BCUT2D eigenvalue weighted by atomic mass is 31.2. The molecule has 1 amide bonds. The van der Waals surface area contributed by atoms with Crippen molar-refractivity contribution < 1.29 is 41.7 Å². The van der Waals surface area contributed by atoms with Crippen LogP contribution in [0.2, 0.25) is 0 Å². The molecule has 0 aromatic carbocycles. The van der Waals surface area contributed by atoms with E-state index in [4.69, 9.17) is 14.4 Å². The lowest BCUT2D eigenvalue weighted by Gasteiger charge is -2.32. The third-order valence-electron chi connectivity index (χ3n) is 4.53. The second-order valence-electron chi connectivity index (χ2n) is 7.11. The molecular weight excluding hydrogens is 434 g/mol. The molecule has 2 aliphatic heterocycles. The first-order valence-corrected chi connectivity index (χ1v) is 11.4. The zero-order valence-electron chi connectivity index (χ0n) is 16.4. The monoisotopic (exact) mass is 461 g/mol. The van der Waals surface area contributed by atoms with Gasteiger partial charge < -0.3 is 10.0 Å². The Morgan fingerprint density at radius 2 is 1.37 bits per heavy atom. The highest BCUT2D eigenvalue weighted by Gasteiger charge is 2.46. The molecule has 0 spiro atoms. The number of hydrogen-bond donors (Lipinski definition) is 3. The van der Waals surface area contributed by atoms with Crippen molar-refractivity contribution in [1.82, 2.24) is 26.1 Å². The molecule has 174 valence electrons. The van der Waals surface area contributed by atoms with Crippen LogP contribution in [0.25, 0.3) is 0 Å². The van der Waals surface area contributed by atoms with Gasteiger partial charge in [-0.3, -0.25) is 14.2 Å². The van der Waals surface area contributed by atoms with Crippen LogP contribution in [0.5, 0.6) is 0 Å². The summed E-state index contributed by atoms with van der Waals surface area (Å²) in [5, 5.41) is 12.0. The van der Waals surface area contributed by atoms with Crippen LogP contribution in [0.4, 0.5) is 13.2 Å². The second-order valence-corrected chi connectivity index (χ2v) is 8.98. The summed E-state index contributed by atoms with van der Waals surface area (Å²) in [6.45, 7) is 0.905. The minimum Gasteiger partial charge on any atom is -0.480 e. The number of hydrazine groups is 2. The molecule has 0 aliphatic carbocycles. The van der Waals surface area contributed by atoms with E-state index in [1.807, 2.05) is 0 Å². The molecule has 0 aromatic rings. The van der Waals surface area contributed by atoms with Gasteiger partial charge in [-0.05, 0) is 25.7 Å². The molecule has 2 rings (SSSR count). The molecule has 11 nitrogen and oxygen atoms in total. The number of aliphatic carboxylic acids is 1. The first-order valence-electron chi connectivity index (χ1n) is 9.64. The molecule has 15 heteroatoms. The van der Waals surface area contributed by atoms with Gasteiger partial charge in [-0.1, -0.05) is 12.8 Å². The van der Waals surface area contributed by atoms with Crippen molar-refractivity contribution in [3.8, 4) is 0 Å². The Balaban J connectivity index is 2.10. The van der Waals surface area contributed by atoms with E-state index in [1.54, 1.807) is 10.0 Å². The number of nitrogens with zero attached hydrogens (tertiary/aromatic N) is 3. The summed E-state index contributed by atoms with van der Waals surface area (Å²) in [5.74, 6) is -4.15. The maximum Gasteiger partial charge on any atom is 0.471 e. The Morgan fingerprint density at radius 1 is 0.933 bits per heavy atom. The first-order chi connectivity index (χ1) is 14.1. The minimum atomic E-state index is -5.35. The fourth-order valence-corrected chi connectivity index (χ4v) is 4.30. The summed E-state index contributed by atoms with van der Waals surface area (Å²) in [6, 6.07) is 0. The lowest BCUT2D eigenvalue weighted by molar-refractivity contribution is -0.186. The van der Waals surface area contributed by atoms with Crippen LogP contribution in [-0.2, 0) is 23.4 Å². The average molecular weight is 461 g/mol. The van der Waals surface area contributed by atoms with E-state index in [-0.39, 0.29) is 4.90 Å². The highest BCUT2D eigenvalue weighted by Crippen LogP contribution is 2.47. The van der Waals surface area contributed by atoms with Crippen molar-refractivity contribution in [3.63, 3.8) is 0 Å². The van der Waals surface area contributed by atoms with Gasteiger partial charge in [0.05, 0.1) is 0 Å². The Labute approximate surface area is 171 Å². The number of carboxylic acid groups (broad SMARTS) is 1. The van der Waals surface area contributed by atoms with Crippen LogP contribution in [0.1, 0.15) is 38.5 Å². The quantitative estimate of drug-likeness (QED) is 0.325. The zero-order chi connectivity index (χ0) is 22.2. The second kappa shape index (κ2) is 11.4. The number of hydrogen-bond acceptors (Lipinski definition) is 9. The van der Waals surface area contributed by atoms with Gasteiger partial charge in [-0.25, -0.2) is 19.3 Å². The van der Waals surface area contributed by atoms with Crippen molar-refractivity contribution >= 4 is 19.5 Å². The van der Waals surface area contributed by atoms with Crippen molar-refractivity contribution in [2.45, 2.75) is 44.7 Å². The Hall–Kier alpha value is -1.28. The van der Waals surface area contributed by atoms with Crippen molar-refractivity contribution in [2.24, 2.45) is 0 Å². The number of halogens is 3. The van der Waals surface area contributed by atoms with Gasteiger partial charge in [-0.15, -0.1) is 11.2 Å². The van der Waals surface area contributed by atoms with Crippen LogP contribution < -0.4 is 11.2 Å². The van der Waals surface area contributed by atoms with Gasteiger partial charge >= 0.3 is 25.6 Å². The minimum absolute atomic E-state index is 0.112. The van der Waals surface area contributed by atoms with Crippen LogP contribution in [0.3, 0.4) is 0 Å². The van der Waals surface area contributed by atoms with Crippen LogP contribution in [0, 0.1) is 0 Å². The number of carboxylic acids is 1. The van der Waals surface area contributed by atoms with E-state index in [0.717, 1.165) is 38.5 Å².